The van der Waals surface area contributed by atoms with Gasteiger partial charge in [-0.15, -0.1) is 0 Å². The largest absolute Gasteiger partial charge is 0.320 e. The number of hydroxylamine groups is 1. The smallest absolute Gasteiger partial charge is 0.260 e. The van der Waals surface area contributed by atoms with Crippen LogP contribution in [-0.2, 0) is 4.79 Å². The highest BCUT2D eigenvalue weighted by atomic mass is 32.2. The van der Waals surface area contributed by atoms with Crippen molar-refractivity contribution in [2.24, 2.45) is 5.73 Å². The minimum absolute atomic E-state index is 0.519. The molecule has 0 aromatic rings. The van der Waals surface area contributed by atoms with E-state index >= 15 is 0 Å². The van der Waals surface area contributed by atoms with Gasteiger partial charge < -0.3 is 5.73 Å². The Morgan fingerprint density at radius 2 is 2.50 bits per heavy atom. The van der Waals surface area contributed by atoms with Crippen LogP contribution in [0.25, 0.3) is 0 Å². The van der Waals surface area contributed by atoms with E-state index in [1.807, 2.05) is 6.26 Å². The Morgan fingerprint density at radius 3 is 2.90 bits per heavy atom. The molecule has 4 N–H and O–H groups in total. The Kier molecular flexibility index (Phi) is 5.38. The second kappa shape index (κ2) is 5.52. The van der Waals surface area contributed by atoms with Crippen molar-refractivity contribution in [2.75, 3.05) is 12.0 Å². The molecule has 4 nitrogen and oxygen atoms in total. The second-order valence-electron chi connectivity index (χ2n) is 1.86. The van der Waals surface area contributed by atoms with E-state index in [0.29, 0.717) is 6.42 Å². The van der Waals surface area contributed by atoms with Crippen molar-refractivity contribution >= 4 is 17.7 Å². The average Bonchev–Trinajstić information content (AvgIpc) is 1.98. The maximum atomic E-state index is 10.5. The molecule has 0 radical (unpaired) electrons. The summed E-state index contributed by atoms with van der Waals surface area (Å²) in [6, 6.07) is -0.586. The van der Waals surface area contributed by atoms with Gasteiger partial charge in [-0.3, -0.25) is 10.0 Å². The number of carbonyl (C=O) groups is 1. The molecule has 0 saturated carbocycles. The molecule has 0 spiro atoms. The van der Waals surface area contributed by atoms with Crippen LogP contribution in [0, 0.1) is 0 Å². The average molecular weight is 164 g/mol. The van der Waals surface area contributed by atoms with Gasteiger partial charge in [0.05, 0.1) is 6.04 Å². The minimum Gasteiger partial charge on any atom is -0.320 e. The zero-order chi connectivity index (χ0) is 7.98. The monoisotopic (exact) mass is 164 g/mol. The number of nitrogens with one attached hydrogen (secondary N) is 1. The maximum Gasteiger partial charge on any atom is 0.260 e. The number of amides is 1. The molecule has 0 aliphatic rings. The Morgan fingerprint density at radius 1 is 1.90 bits per heavy atom. The first-order valence-electron chi connectivity index (χ1n) is 2.90. The molecule has 0 rings (SSSR count). The van der Waals surface area contributed by atoms with Gasteiger partial charge in [-0.2, -0.15) is 11.8 Å². The van der Waals surface area contributed by atoms with E-state index in [0.717, 1.165) is 5.75 Å². The van der Waals surface area contributed by atoms with Gasteiger partial charge in [-0.1, -0.05) is 0 Å². The molecular formula is C5H12N2O2S. The number of rotatable bonds is 4. The van der Waals surface area contributed by atoms with E-state index in [1.54, 1.807) is 11.8 Å². The maximum absolute atomic E-state index is 10.5. The number of nitrogens with two attached hydrogens (primary N) is 1. The second-order valence-corrected chi connectivity index (χ2v) is 2.85. The van der Waals surface area contributed by atoms with Crippen molar-refractivity contribution in [3.8, 4) is 0 Å². The number of hydrogen-bond donors (Lipinski definition) is 3. The number of carbonyl (C=O) groups excluding carboxylic acids is 1. The van der Waals surface area contributed by atoms with Gasteiger partial charge in [-0.05, 0) is 18.4 Å². The summed E-state index contributed by atoms with van der Waals surface area (Å²) in [5, 5.41) is 8.12. The zero-order valence-corrected chi connectivity index (χ0v) is 6.65. The summed E-state index contributed by atoms with van der Waals surface area (Å²) in [7, 11) is 0. The van der Waals surface area contributed by atoms with E-state index in [1.165, 1.54) is 5.48 Å². The lowest BCUT2D eigenvalue weighted by atomic mass is 10.2. The first-order valence-corrected chi connectivity index (χ1v) is 4.30. The van der Waals surface area contributed by atoms with E-state index < -0.39 is 11.9 Å². The van der Waals surface area contributed by atoms with Crippen molar-refractivity contribution in [1.82, 2.24) is 5.48 Å². The van der Waals surface area contributed by atoms with E-state index in [-0.39, 0.29) is 0 Å². The summed E-state index contributed by atoms with van der Waals surface area (Å²) in [6.45, 7) is 0. The highest BCUT2D eigenvalue weighted by Crippen LogP contribution is 1.97. The zero-order valence-electron chi connectivity index (χ0n) is 5.83. The highest BCUT2D eigenvalue weighted by Gasteiger charge is 2.10. The third kappa shape index (κ3) is 3.71. The van der Waals surface area contributed by atoms with Gasteiger partial charge in [-0.25, -0.2) is 5.48 Å². The Hall–Kier alpha value is -0.260. The van der Waals surface area contributed by atoms with Crippen molar-refractivity contribution in [1.29, 1.82) is 0 Å². The van der Waals surface area contributed by atoms with Crippen molar-refractivity contribution in [3.05, 3.63) is 0 Å². The van der Waals surface area contributed by atoms with E-state index in [4.69, 9.17) is 10.9 Å². The summed E-state index contributed by atoms with van der Waals surface area (Å²) in [6.07, 6.45) is 2.52. The van der Waals surface area contributed by atoms with Crippen LogP contribution in [0.15, 0.2) is 0 Å². The summed E-state index contributed by atoms with van der Waals surface area (Å²) in [5.41, 5.74) is 6.83. The molecule has 0 heterocycles. The Bertz CT molecular complexity index is 110. The molecule has 1 amide bonds. The number of hydrogen-bond acceptors (Lipinski definition) is 4. The van der Waals surface area contributed by atoms with Gasteiger partial charge >= 0.3 is 0 Å². The van der Waals surface area contributed by atoms with Gasteiger partial charge in [0.25, 0.3) is 5.91 Å². The standard InChI is InChI=1S/C5H12N2O2S/c1-10-3-2-4(6)5(8)7-9/h4,9H,2-3,6H2,1H3,(H,7,8)/t4-/m0/s1. The first-order chi connectivity index (χ1) is 4.72. The molecule has 0 aromatic carbocycles. The third-order valence-electron chi connectivity index (χ3n) is 1.08. The topological polar surface area (TPSA) is 75.4 Å². The lowest BCUT2D eigenvalue weighted by Gasteiger charge is -2.06. The molecule has 0 fully saturated rings. The third-order valence-corrected chi connectivity index (χ3v) is 1.72. The van der Waals surface area contributed by atoms with Crippen LogP contribution in [0.5, 0.6) is 0 Å². The summed E-state index contributed by atoms with van der Waals surface area (Å²) in [5.74, 6) is 0.309. The molecule has 0 aliphatic heterocycles. The van der Waals surface area contributed by atoms with Crippen LogP contribution >= 0.6 is 11.8 Å². The highest BCUT2D eigenvalue weighted by molar-refractivity contribution is 7.98. The van der Waals surface area contributed by atoms with Gasteiger partial charge in [0.1, 0.15) is 0 Å². The molecule has 0 bridgehead atoms. The molecule has 10 heavy (non-hydrogen) atoms. The fourth-order valence-electron chi connectivity index (χ4n) is 0.459. The Balaban J connectivity index is 3.41. The van der Waals surface area contributed by atoms with Crippen LogP contribution in [0.4, 0.5) is 0 Å². The van der Waals surface area contributed by atoms with Gasteiger partial charge in [0.2, 0.25) is 0 Å². The minimum atomic E-state index is -0.586. The Labute approximate surface area is 64.1 Å². The lowest BCUT2D eigenvalue weighted by Crippen LogP contribution is -2.39. The molecule has 0 aliphatic carbocycles. The summed E-state index contributed by atoms with van der Waals surface area (Å²) >= 11 is 1.62. The van der Waals surface area contributed by atoms with Crippen LogP contribution in [0.2, 0.25) is 0 Å². The van der Waals surface area contributed by atoms with Crippen LogP contribution in [0.1, 0.15) is 6.42 Å². The predicted molar refractivity (Wildman–Crippen MR) is 40.9 cm³/mol. The quantitative estimate of drug-likeness (QED) is 0.389. The fourth-order valence-corrected chi connectivity index (χ4v) is 0.948. The molecule has 60 valence electrons. The van der Waals surface area contributed by atoms with Gasteiger partial charge in [0.15, 0.2) is 0 Å². The first kappa shape index (κ1) is 9.74. The van der Waals surface area contributed by atoms with E-state index in [2.05, 4.69) is 0 Å². The van der Waals surface area contributed by atoms with Crippen LogP contribution < -0.4 is 11.2 Å². The molecule has 1 atom stereocenters. The lowest BCUT2D eigenvalue weighted by molar-refractivity contribution is -0.130. The van der Waals surface area contributed by atoms with E-state index in [9.17, 15) is 4.79 Å². The van der Waals surface area contributed by atoms with Crippen LogP contribution in [0.3, 0.4) is 0 Å². The molecular weight excluding hydrogens is 152 g/mol. The fraction of sp³-hybridized carbons (Fsp3) is 0.800. The molecule has 5 heteroatoms. The molecule has 0 unspecified atom stereocenters. The predicted octanol–water partition coefficient (Wildman–Crippen LogP) is -0.428. The SMILES string of the molecule is CSCC[C@H](N)C(=O)NO. The summed E-state index contributed by atoms with van der Waals surface area (Å²) in [4.78, 5) is 10.5. The molecule has 0 aromatic heterocycles. The summed E-state index contributed by atoms with van der Waals surface area (Å²) < 4.78 is 0. The van der Waals surface area contributed by atoms with Crippen molar-refractivity contribution in [2.45, 2.75) is 12.5 Å². The normalized spacial score (nSPS) is 12.7. The van der Waals surface area contributed by atoms with Crippen molar-refractivity contribution < 1.29 is 10.0 Å². The number of thioether (sulfide) groups is 1. The molecule has 0 saturated heterocycles. The van der Waals surface area contributed by atoms with Gasteiger partial charge in [0, 0.05) is 0 Å². The van der Waals surface area contributed by atoms with Crippen LogP contribution in [-0.4, -0.2) is 29.2 Å². The van der Waals surface area contributed by atoms with Crippen molar-refractivity contribution in [3.63, 3.8) is 0 Å².